The van der Waals surface area contributed by atoms with Crippen LogP contribution < -0.4 is 5.32 Å². The fourth-order valence-electron chi connectivity index (χ4n) is 1.24. The maximum atomic E-state index is 12.0. The summed E-state index contributed by atoms with van der Waals surface area (Å²) in [6.07, 6.45) is 1.12. The molecular formula is C10H5BrIN3O3S. The van der Waals surface area contributed by atoms with Crippen LogP contribution >= 0.6 is 49.9 Å². The summed E-state index contributed by atoms with van der Waals surface area (Å²) in [6.45, 7) is 0. The van der Waals surface area contributed by atoms with Gasteiger partial charge in [-0.15, -0.1) is 0 Å². The molecule has 1 aromatic heterocycles. The van der Waals surface area contributed by atoms with E-state index in [1.54, 1.807) is 12.1 Å². The van der Waals surface area contributed by atoms with E-state index in [0.29, 0.717) is 5.56 Å². The van der Waals surface area contributed by atoms with Crippen molar-refractivity contribution in [2.75, 3.05) is 5.32 Å². The van der Waals surface area contributed by atoms with Gasteiger partial charge in [-0.05, 0) is 52.1 Å². The highest BCUT2D eigenvalue weighted by Gasteiger charge is 2.16. The van der Waals surface area contributed by atoms with Crippen molar-refractivity contribution in [3.63, 3.8) is 0 Å². The van der Waals surface area contributed by atoms with Crippen LogP contribution in [0.25, 0.3) is 0 Å². The van der Waals surface area contributed by atoms with Crippen LogP contribution in [0.15, 0.2) is 28.9 Å². The Balaban J connectivity index is 2.20. The van der Waals surface area contributed by atoms with E-state index in [1.807, 2.05) is 28.7 Å². The number of nitrogens with one attached hydrogen (secondary N) is 1. The van der Waals surface area contributed by atoms with E-state index in [4.69, 9.17) is 0 Å². The normalized spacial score (nSPS) is 10.2. The average molecular weight is 454 g/mol. The summed E-state index contributed by atoms with van der Waals surface area (Å²) in [5, 5.41) is 13.2. The zero-order valence-corrected chi connectivity index (χ0v) is 13.7. The second kappa shape index (κ2) is 5.92. The van der Waals surface area contributed by atoms with Crippen LogP contribution in [-0.2, 0) is 0 Å². The Morgan fingerprint density at radius 2 is 2.26 bits per heavy atom. The van der Waals surface area contributed by atoms with Gasteiger partial charge in [-0.2, -0.15) is 0 Å². The van der Waals surface area contributed by atoms with Gasteiger partial charge in [0.2, 0.25) is 0 Å². The molecule has 2 aromatic rings. The average Bonchev–Trinajstić information content (AvgIpc) is 2.80. The number of halogens is 2. The molecule has 0 saturated carbocycles. The van der Waals surface area contributed by atoms with Crippen LogP contribution in [0.2, 0.25) is 0 Å². The minimum Gasteiger partial charge on any atom is -0.298 e. The molecule has 2 rings (SSSR count). The molecule has 0 saturated heterocycles. The van der Waals surface area contributed by atoms with Crippen molar-refractivity contribution >= 4 is 65.9 Å². The van der Waals surface area contributed by atoms with Gasteiger partial charge in [0.25, 0.3) is 5.91 Å². The van der Waals surface area contributed by atoms with Crippen molar-refractivity contribution < 1.29 is 9.72 Å². The van der Waals surface area contributed by atoms with Gasteiger partial charge in [-0.1, -0.05) is 15.9 Å². The Morgan fingerprint density at radius 1 is 1.53 bits per heavy atom. The number of nitro groups is 1. The highest BCUT2D eigenvalue weighted by Crippen LogP contribution is 2.26. The number of benzene rings is 1. The fraction of sp³-hybridized carbons (Fsp3) is 0. The molecule has 6 nitrogen and oxygen atoms in total. The van der Waals surface area contributed by atoms with Gasteiger partial charge in [0, 0.05) is 8.04 Å². The van der Waals surface area contributed by atoms with Gasteiger partial charge in [-0.3, -0.25) is 20.2 Å². The molecular weight excluding hydrogens is 449 g/mol. The van der Waals surface area contributed by atoms with Crippen LogP contribution in [0.5, 0.6) is 0 Å². The van der Waals surface area contributed by atoms with Crippen molar-refractivity contribution in [3.05, 3.63) is 48.1 Å². The maximum absolute atomic E-state index is 12.0. The Bertz CT molecular complexity index is 661. The first-order chi connectivity index (χ1) is 8.97. The SMILES string of the molecule is O=C(Nc1ncc([N+](=O)[O-])s1)c1cc(Br)ccc1I. The third kappa shape index (κ3) is 3.48. The lowest BCUT2D eigenvalue weighted by Gasteiger charge is -2.04. The topological polar surface area (TPSA) is 85.1 Å². The van der Waals surface area contributed by atoms with Gasteiger partial charge in [0.15, 0.2) is 5.13 Å². The van der Waals surface area contributed by atoms with E-state index >= 15 is 0 Å². The van der Waals surface area contributed by atoms with Gasteiger partial charge < -0.3 is 0 Å². The van der Waals surface area contributed by atoms with Crippen LogP contribution in [0.3, 0.4) is 0 Å². The monoisotopic (exact) mass is 453 g/mol. The molecule has 0 bridgehead atoms. The molecule has 0 aliphatic carbocycles. The molecule has 0 radical (unpaired) electrons. The van der Waals surface area contributed by atoms with Crippen LogP contribution in [0.4, 0.5) is 10.1 Å². The highest BCUT2D eigenvalue weighted by atomic mass is 127. The summed E-state index contributed by atoms with van der Waals surface area (Å²) in [5.74, 6) is -0.352. The molecule has 1 heterocycles. The number of carbonyl (C=O) groups is 1. The summed E-state index contributed by atoms with van der Waals surface area (Å²) >= 11 is 6.15. The number of amides is 1. The standard InChI is InChI=1S/C10H5BrIN3O3S/c11-5-1-2-7(12)6(3-5)9(16)14-10-13-4-8(19-10)15(17)18/h1-4H,(H,13,14,16). The van der Waals surface area contributed by atoms with E-state index in [0.717, 1.165) is 25.6 Å². The molecule has 9 heteroatoms. The zero-order valence-electron chi connectivity index (χ0n) is 9.09. The molecule has 0 aliphatic heterocycles. The zero-order chi connectivity index (χ0) is 14.0. The molecule has 0 atom stereocenters. The first-order valence-electron chi connectivity index (χ1n) is 4.84. The van der Waals surface area contributed by atoms with Crippen molar-refractivity contribution in [2.24, 2.45) is 0 Å². The second-order valence-corrected chi connectivity index (χ2v) is 6.43. The number of thiazole rings is 1. The number of hydrogen-bond donors (Lipinski definition) is 1. The largest absolute Gasteiger partial charge is 0.345 e. The number of carbonyl (C=O) groups excluding carboxylic acids is 1. The smallest absolute Gasteiger partial charge is 0.298 e. The lowest BCUT2D eigenvalue weighted by molar-refractivity contribution is -0.380. The Kier molecular flexibility index (Phi) is 4.47. The second-order valence-electron chi connectivity index (χ2n) is 3.34. The molecule has 98 valence electrons. The van der Waals surface area contributed by atoms with Crippen molar-refractivity contribution in [3.8, 4) is 0 Å². The van der Waals surface area contributed by atoms with Gasteiger partial charge >= 0.3 is 5.00 Å². The molecule has 0 fully saturated rings. The van der Waals surface area contributed by atoms with Crippen LogP contribution in [0.1, 0.15) is 10.4 Å². The highest BCUT2D eigenvalue weighted by molar-refractivity contribution is 14.1. The van der Waals surface area contributed by atoms with E-state index in [9.17, 15) is 14.9 Å². The summed E-state index contributed by atoms with van der Waals surface area (Å²) in [5.41, 5.74) is 0.479. The van der Waals surface area contributed by atoms with Crippen LogP contribution in [-0.4, -0.2) is 15.8 Å². The summed E-state index contributed by atoms with van der Waals surface area (Å²) in [7, 11) is 0. The van der Waals surface area contributed by atoms with Crippen molar-refractivity contribution in [2.45, 2.75) is 0 Å². The van der Waals surface area contributed by atoms with Gasteiger partial charge in [0.1, 0.15) is 6.20 Å². The van der Waals surface area contributed by atoms with E-state index in [-0.39, 0.29) is 16.0 Å². The number of nitrogens with zero attached hydrogens (tertiary/aromatic N) is 2. The van der Waals surface area contributed by atoms with E-state index in [1.165, 1.54) is 0 Å². The van der Waals surface area contributed by atoms with E-state index in [2.05, 4.69) is 26.2 Å². The minimum atomic E-state index is -0.545. The molecule has 1 aromatic carbocycles. The van der Waals surface area contributed by atoms with E-state index < -0.39 is 4.92 Å². The number of rotatable bonds is 3. The Morgan fingerprint density at radius 3 is 2.89 bits per heavy atom. The molecule has 1 N–H and O–H groups in total. The molecule has 19 heavy (non-hydrogen) atoms. The first-order valence-corrected chi connectivity index (χ1v) is 7.53. The molecule has 0 aliphatic rings. The predicted molar refractivity (Wildman–Crippen MR) is 83.6 cm³/mol. The predicted octanol–water partition coefficient (Wildman–Crippen LogP) is 3.67. The molecule has 1 amide bonds. The molecule has 0 spiro atoms. The third-order valence-electron chi connectivity index (χ3n) is 2.07. The lowest BCUT2D eigenvalue weighted by atomic mass is 10.2. The Labute approximate surface area is 133 Å². The van der Waals surface area contributed by atoms with Crippen LogP contribution in [0, 0.1) is 13.7 Å². The summed E-state index contributed by atoms with van der Waals surface area (Å²) < 4.78 is 1.56. The number of hydrogen-bond acceptors (Lipinski definition) is 5. The van der Waals surface area contributed by atoms with Crippen molar-refractivity contribution in [1.82, 2.24) is 4.98 Å². The van der Waals surface area contributed by atoms with Gasteiger partial charge in [-0.25, -0.2) is 4.98 Å². The fourth-order valence-corrected chi connectivity index (χ4v) is 2.81. The quantitative estimate of drug-likeness (QED) is 0.436. The Hall–Kier alpha value is -1.07. The third-order valence-corrected chi connectivity index (χ3v) is 4.37. The summed E-state index contributed by atoms with van der Waals surface area (Å²) in [4.78, 5) is 25.8. The van der Waals surface area contributed by atoms with Gasteiger partial charge in [0.05, 0.1) is 10.5 Å². The summed E-state index contributed by atoms with van der Waals surface area (Å²) in [6, 6.07) is 5.30. The number of aromatic nitrogens is 1. The number of anilines is 1. The maximum Gasteiger partial charge on any atom is 0.345 e. The first kappa shape index (κ1) is 14.3. The molecule has 0 unspecified atom stereocenters. The van der Waals surface area contributed by atoms with Crippen molar-refractivity contribution in [1.29, 1.82) is 0 Å². The minimum absolute atomic E-state index is 0.112. The lowest BCUT2D eigenvalue weighted by Crippen LogP contribution is -2.13.